The SMILES string of the molecule is CC(C1CC1)n1ccc([C@@]23CN(C=O)C[C@@H]2[C@@]3(C)C2=NOC(C)(C)C2)n1. The summed E-state index contributed by atoms with van der Waals surface area (Å²) >= 11 is 0. The second kappa shape index (κ2) is 4.90. The van der Waals surface area contributed by atoms with Crippen LogP contribution in [-0.4, -0.2) is 45.5 Å². The Kier molecular flexibility index (Phi) is 3.08. The van der Waals surface area contributed by atoms with E-state index in [2.05, 4.69) is 49.8 Å². The predicted molar refractivity (Wildman–Crippen MR) is 97.8 cm³/mol. The van der Waals surface area contributed by atoms with Crippen LogP contribution in [0.2, 0.25) is 0 Å². The van der Waals surface area contributed by atoms with Gasteiger partial charge < -0.3 is 9.74 Å². The maximum Gasteiger partial charge on any atom is 0.209 e. The van der Waals surface area contributed by atoms with Crippen molar-refractivity contribution in [3.63, 3.8) is 0 Å². The zero-order valence-corrected chi connectivity index (χ0v) is 16.1. The van der Waals surface area contributed by atoms with Crippen molar-refractivity contribution in [3.8, 4) is 0 Å². The lowest BCUT2D eigenvalue weighted by Gasteiger charge is -2.26. The van der Waals surface area contributed by atoms with Crippen LogP contribution in [0.3, 0.4) is 0 Å². The lowest BCUT2D eigenvalue weighted by molar-refractivity contribution is -0.118. The summed E-state index contributed by atoms with van der Waals surface area (Å²) in [4.78, 5) is 19.0. The summed E-state index contributed by atoms with van der Waals surface area (Å²) < 4.78 is 2.14. The molecule has 4 atom stereocenters. The van der Waals surface area contributed by atoms with Gasteiger partial charge in [0, 0.05) is 42.5 Å². The second-order valence-corrected chi connectivity index (χ2v) is 9.59. The van der Waals surface area contributed by atoms with Crippen LogP contribution >= 0.6 is 0 Å². The fourth-order valence-electron chi connectivity index (χ4n) is 5.61. The molecule has 2 aliphatic heterocycles. The minimum Gasteiger partial charge on any atom is -0.389 e. The number of hydrogen-bond acceptors (Lipinski definition) is 4. The van der Waals surface area contributed by atoms with Gasteiger partial charge in [-0.1, -0.05) is 12.1 Å². The van der Waals surface area contributed by atoms with E-state index in [9.17, 15) is 4.79 Å². The molecule has 1 saturated heterocycles. The first kappa shape index (κ1) is 16.3. The summed E-state index contributed by atoms with van der Waals surface area (Å²) in [5, 5.41) is 9.50. The molecule has 2 saturated carbocycles. The molecule has 1 aromatic rings. The number of piperidine rings is 1. The number of oxime groups is 1. The van der Waals surface area contributed by atoms with E-state index in [1.165, 1.54) is 12.8 Å². The third-order valence-corrected chi connectivity index (χ3v) is 7.54. The third kappa shape index (κ3) is 1.96. The van der Waals surface area contributed by atoms with E-state index < -0.39 is 0 Å². The fraction of sp³-hybridized carbons (Fsp3) is 0.750. The number of fused-ring (bicyclic) bond motifs is 1. The van der Waals surface area contributed by atoms with Gasteiger partial charge in [-0.25, -0.2) is 0 Å². The van der Waals surface area contributed by atoms with Crippen molar-refractivity contribution >= 4 is 12.1 Å². The molecule has 1 amide bonds. The van der Waals surface area contributed by atoms with Crippen molar-refractivity contribution in [2.24, 2.45) is 22.4 Å². The maximum absolute atomic E-state index is 11.4. The maximum atomic E-state index is 11.4. The van der Waals surface area contributed by atoms with Crippen LogP contribution in [-0.2, 0) is 15.0 Å². The number of carbonyl (C=O) groups excluding carboxylic acids is 1. The highest BCUT2D eigenvalue weighted by atomic mass is 16.7. The number of amides is 1. The molecule has 0 bridgehead atoms. The summed E-state index contributed by atoms with van der Waals surface area (Å²) in [5.74, 6) is 1.14. The van der Waals surface area contributed by atoms with Gasteiger partial charge >= 0.3 is 0 Å². The number of likely N-dealkylation sites (tertiary alicyclic amines) is 1. The van der Waals surface area contributed by atoms with Gasteiger partial charge in [-0.15, -0.1) is 0 Å². The molecule has 0 N–H and O–H groups in total. The van der Waals surface area contributed by atoms with Crippen molar-refractivity contribution in [1.82, 2.24) is 14.7 Å². The fourth-order valence-corrected chi connectivity index (χ4v) is 5.61. The number of nitrogens with zero attached hydrogens (tertiary/aromatic N) is 4. The van der Waals surface area contributed by atoms with Gasteiger partial charge in [0.25, 0.3) is 0 Å². The van der Waals surface area contributed by atoms with Crippen molar-refractivity contribution < 1.29 is 9.63 Å². The quantitative estimate of drug-likeness (QED) is 0.762. The Balaban J connectivity index is 1.50. The molecule has 6 nitrogen and oxygen atoms in total. The molecule has 2 aliphatic carbocycles. The molecule has 3 fully saturated rings. The molecule has 0 aromatic carbocycles. The van der Waals surface area contributed by atoms with E-state index in [4.69, 9.17) is 9.94 Å². The molecule has 0 radical (unpaired) electrons. The monoisotopic (exact) mass is 356 g/mol. The van der Waals surface area contributed by atoms with Gasteiger partial charge in [0.15, 0.2) is 0 Å². The molecule has 0 spiro atoms. The van der Waals surface area contributed by atoms with E-state index >= 15 is 0 Å². The van der Waals surface area contributed by atoms with E-state index in [0.717, 1.165) is 43.2 Å². The van der Waals surface area contributed by atoms with Crippen molar-refractivity contribution in [2.75, 3.05) is 13.1 Å². The zero-order chi connectivity index (χ0) is 18.3. The van der Waals surface area contributed by atoms with E-state index in [-0.39, 0.29) is 16.4 Å². The lowest BCUT2D eigenvalue weighted by Crippen LogP contribution is -2.36. The average Bonchev–Trinajstić information content (AvgIpc) is 3.27. The molecule has 6 heteroatoms. The van der Waals surface area contributed by atoms with E-state index in [0.29, 0.717) is 12.0 Å². The van der Waals surface area contributed by atoms with Gasteiger partial charge in [-0.3, -0.25) is 9.48 Å². The number of carbonyl (C=O) groups is 1. The van der Waals surface area contributed by atoms with Crippen molar-refractivity contribution in [2.45, 2.75) is 64.0 Å². The Morgan fingerprint density at radius 1 is 1.35 bits per heavy atom. The molecule has 1 aromatic heterocycles. The van der Waals surface area contributed by atoms with E-state index in [1.807, 2.05) is 4.90 Å². The van der Waals surface area contributed by atoms with Gasteiger partial charge in [-0.05, 0) is 45.6 Å². The molecule has 5 rings (SSSR count). The zero-order valence-electron chi connectivity index (χ0n) is 16.1. The minimum absolute atomic E-state index is 0.0672. The smallest absolute Gasteiger partial charge is 0.209 e. The molecule has 26 heavy (non-hydrogen) atoms. The first-order chi connectivity index (χ1) is 12.3. The van der Waals surface area contributed by atoms with Crippen LogP contribution < -0.4 is 0 Å². The van der Waals surface area contributed by atoms with Crippen LogP contribution in [0.5, 0.6) is 0 Å². The van der Waals surface area contributed by atoms with E-state index in [1.54, 1.807) is 0 Å². The topological polar surface area (TPSA) is 59.7 Å². The Labute approximate surface area is 154 Å². The Bertz CT molecular complexity index is 795. The van der Waals surface area contributed by atoms with Crippen molar-refractivity contribution in [3.05, 3.63) is 18.0 Å². The standard InChI is InChI=1S/C20H28N4O2/c1-13(14-5-6-14)24-8-7-16(21-24)20-11-23(12-25)10-15(20)19(20,4)17-9-18(2,3)26-22-17/h7-8,12-15H,5-6,9-11H2,1-4H3/t13?,15-,19+,20-/m1/s1. The third-order valence-electron chi connectivity index (χ3n) is 7.54. The summed E-state index contributed by atoms with van der Waals surface area (Å²) in [6.07, 6.45) is 6.58. The van der Waals surface area contributed by atoms with Crippen molar-refractivity contribution in [1.29, 1.82) is 0 Å². The summed E-state index contributed by atoms with van der Waals surface area (Å²) in [7, 11) is 0. The molecule has 140 valence electrons. The second-order valence-electron chi connectivity index (χ2n) is 9.59. The van der Waals surface area contributed by atoms with Crippen LogP contribution in [0.1, 0.15) is 58.7 Å². The highest BCUT2D eigenvalue weighted by Crippen LogP contribution is 2.74. The predicted octanol–water partition coefficient (Wildman–Crippen LogP) is 2.75. The molecular formula is C20H28N4O2. The molecular weight excluding hydrogens is 328 g/mol. The average molecular weight is 356 g/mol. The first-order valence-electron chi connectivity index (χ1n) is 9.82. The molecule has 1 unspecified atom stereocenters. The van der Waals surface area contributed by atoms with Gasteiger partial charge in [-0.2, -0.15) is 5.10 Å². The largest absolute Gasteiger partial charge is 0.389 e. The summed E-state index contributed by atoms with van der Waals surface area (Å²) in [6, 6.07) is 2.63. The highest BCUT2D eigenvalue weighted by molar-refractivity contribution is 5.97. The number of rotatable bonds is 5. The first-order valence-corrected chi connectivity index (χ1v) is 9.82. The van der Waals surface area contributed by atoms with Crippen LogP contribution in [0, 0.1) is 17.3 Å². The van der Waals surface area contributed by atoms with Crippen LogP contribution in [0.15, 0.2) is 17.4 Å². The Hall–Kier alpha value is -1.85. The highest BCUT2D eigenvalue weighted by Gasteiger charge is 2.81. The minimum atomic E-state index is -0.236. The molecule has 3 heterocycles. The normalized spacial score (nSPS) is 38.5. The van der Waals surface area contributed by atoms with Crippen LogP contribution in [0.25, 0.3) is 0 Å². The van der Waals surface area contributed by atoms with Gasteiger partial charge in [0.2, 0.25) is 6.41 Å². The number of hydrogen-bond donors (Lipinski definition) is 0. The van der Waals surface area contributed by atoms with Gasteiger partial charge in [0.1, 0.15) is 5.60 Å². The summed E-state index contributed by atoms with van der Waals surface area (Å²) in [6.45, 7) is 10.2. The Morgan fingerprint density at radius 3 is 2.73 bits per heavy atom. The lowest BCUT2D eigenvalue weighted by atomic mass is 9.83. The Morgan fingerprint density at radius 2 is 2.12 bits per heavy atom. The van der Waals surface area contributed by atoms with Crippen LogP contribution in [0.4, 0.5) is 0 Å². The summed E-state index contributed by atoms with van der Waals surface area (Å²) in [5.41, 5.74) is 1.84. The molecule has 4 aliphatic rings. The van der Waals surface area contributed by atoms with Gasteiger partial charge in [0.05, 0.1) is 17.4 Å². The number of aromatic nitrogens is 2.